The normalized spacial score (nSPS) is 12.0. The second kappa shape index (κ2) is 4.61. The van der Waals surface area contributed by atoms with Crippen molar-refractivity contribution in [3.8, 4) is 0 Å². The molecule has 1 heteroatoms. The van der Waals surface area contributed by atoms with Crippen LogP contribution in [0.1, 0.15) is 0 Å². The maximum absolute atomic E-state index is 6.06. The van der Waals surface area contributed by atoms with Gasteiger partial charge in [0.1, 0.15) is 11.2 Å². The fourth-order valence-corrected chi connectivity index (χ4v) is 4.14. The van der Waals surface area contributed by atoms with E-state index in [0.29, 0.717) is 0 Å². The molecule has 0 radical (unpaired) electrons. The first-order valence-electron chi connectivity index (χ1n) is 8.54. The quantitative estimate of drug-likeness (QED) is 0.274. The Morgan fingerprint density at radius 2 is 1.08 bits per heavy atom. The Balaban J connectivity index is 1.94. The van der Waals surface area contributed by atoms with Gasteiger partial charge in [-0.15, -0.1) is 0 Å². The van der Waals surface area contributed by atoms with Crippen LogP contribution >= 0.6 is 0 Å². The molecule has 0 spiro atoms. The van der Waals surface area contributed by atoms with Crippen molar-refractivity contribution in [3.63, 3.8) is 0 Å². The largest absolute Gasteiger partial charge is 0.456 e. The number of hydrogen-bond donors (Lipinski definition) is 0. The molecule has 0 amide bonds. The molecule has 116 valence electrons. The predicted octanol–water partition coefficient (Wildman–Crippen LogP) is 7.05. The van der Waals surface area contributed by atoms with Crippen LogP contribution in [0.15, 0.2) is 89.3 Å². The Morgan fingerprint density at radius 3 is 2.04 bits per heavy atom. The van der Waals surface area contributed by atoms with Gasteiger partial charge in [-0.3, -0.25) is 0 Å². The number of benzene rings is 5. The van der Waals surface area contributed by atoms with Crippen molar-refractivity contribution in [2.45, 2.75) is 0 Å². The summed E-state index contributed by atoms with van der Waals surface area (Å²) in [7, 11) is 0. The third-order valence-corrected chi connectivity index (χ3v) is 5.24. The molecule has 5 aromatic carbocycles. The van der Waals surface area contributed by atoms with E-state index in [0.717, 1.165) is 11.2 Å². The third kappa shape index (κ3) is 1.67. The number of hydrogen-bond acceptors (Lipinski definition) is 1. The summed E-state index contributed by atoms with van der Waals surface area (Å²) in [6.45, 7) is 0. The topological polar surface area (TPSA) is 13.1 Å². The molecule has 6 rings (SSSR count). The van der Waals surface area contributed by atoms with Gasteiger partial charge in [0, 0.05) is 10.8 Å². The Kier molecular flexibility index (Phi) is 2.40. The monoisotopic (exact) mass is 318 g/mol. The summed E-state index contributed by atoms with van der Waals surface area (Å²) in [6, 6.07) is 30.1. The smallest absolute Gasteiger partial charge is 0.136 e. The summed E-state index contributed by atoms with van der Waals surface area (Å²) in [5.41, 5.74) is 1.90. The molecule has 0 fully saturated rings. The Labute approximate surface area is 144 Å². The zero-order chi connectivity index (χ0) is 16.4. The maximum atomic E-state index is 6.06. The summed E-state index contributed by atoms with van der Waals surface area (Å²) < 4.78 is 6.06. The van der Waals surface area contributed by atoms with Crippen molar-refractivity contribution in [1.82, 2.24) is 0 Å². The van der Waals surface area contributed by atoms with E-state index in [4.69, 9.17) is 4.42 Å². The molecule has 0 unspecified atom stereocenters. The van der Waals surface area contributed by atoms with Crippen molar-refractivity contribution in [1.29, 1.82) is 0 Å². The van der Waals surface area contributed by atoms with Crippen molar-refractivity contribution in [2.75, 3.05) is 0 Å². The van der Waals surface area contributed by atoms with E-state index in [1.54, 1.807) is 0 Å². The van der Waals surface area contributed by atoms with Crippen molar-refractivity contribution in [2.24, 2.45) is 0 Å². The van der Waals surface area contributed by atoms with E-state index in [9.17, 15) is 0 Å². The van der Waals surface area contributed by atoms with Gasteiger partial charge in [0.2, 0.25) is 0 Å². The van der Waals surface area contributed by atoms with Crippen LogP contribution in [0.25, 0.3) is 54.3 Å². The van der Waals surface area contributed by atoms with Crippen molar-refractivity contribution in [3.05, 3.63) is 84.9 Å². The van der Waals surface area contributed by atoms with Gasteiger partial charge in [0.05, 0.1) is 0 Å². The van der Waals surface area contributed by atoms with Gasteiger partial charge >= 0.3 is 0 Å². The number of furan rings is 1. The van der Waals surface area contributed by atoms with Gasteiger partial charge in [-0.2, -0.15) is 0 Å². The molecule has 0 aliphatic heterocycles. The van der Waals surface area contributed by atoms with Crippen LogP contribution in [0, 0.1) is 0 Å². The molecule has 1 nitrogen and oxygen atoms in total. The first kappa shape index (κ1) is 13.0. The van der Waals surface area contributed by atoms with Crippen LogP contribution in [-0.2, 0) is 0 Å². The van der Waals surface area contributed by atoms with Crippen LogP contribution in [0.4, 0.5) is 0 Å². The number of fused-ring (bicyclic) bond motifs is 9. The Bertz CT molecular complexity index is 1440. The summed E-state index contributed by atoms with van der Waals surface area (Å²) in [6.07, 6.45) is 0. The number of rotatable bonds is 0. The second-order valence-corrected chi connectivity index (χ2v) is 6.58. The minimum absolute atomic E-state index is 0.947. The first-order valence-corrected chi connectivity index (χ1v) is 8.54. The molecule has 1 heterocycles. The van der Waals surface area contributed by atoms with Gasteiger partial charge in [-0.1, -0.05) is 66.7 Å². The predicted molar refractivity (Wildman–Crippen MR) is 106 cm³/mol. The molecule has 0 N–H and O–H groups in total. The molecule has 0 aliphatic rings. The fraction of sp³-hybridized carbons (Fsp3) is 0. The van der Waals surface area contributed by atoms with Crippen LogP contribution < -0.4 is 0 Å². The van der Waals surface area contributed by atoms with Crippen LogP contribution in [0.5, 0.6) is 0 Å². The fourth-order valence-electron chi connectivity index (χ4n) is 4.14. The van der Waals surface area contributed by atoms with Crippen LogP contribution in [0.2, 0.25) is 0 Å². The Hall–Kier alpha value is -3.32. The molecule has 0 saturated carbocycles. The zero-order valence-electron chi connectivity index (χ0n) is 13.5. The van der Waals surface area contributed by atoms with E-state index >= 15 is 0 Å². The van der Waals surface area contributed by atoms with Gasteiger partial charge in [-0.25, -0.2) is 0 Å². The molecule has 0 atom stereocenters. The summed E-state index contributed by atoms with van der Waals surface area (Å²) in [5.74, 6) is 0. The summed E-state index contributed by atoms with van der Waals surface area (Å²) in [4.78, 5) is 0. The van der Waals surface area contributed by atoms with Crippen LogP contribution in [0.3, 0.4) is 0 Å². The molecular weight excluding hydrogens is 304 g/mol. The molecule has 6 aromatic rings. The zero-order valence-corrected chi connectivity index (χ0v) is 13.5. The lowest BCUT2D eigenvalue weighted by atomic mass is 9.94. The van der Waals surface area contributed by atoms with Crippen molar-refractivity contribution >= 4 is 54.3 Å². The first-order chi connectivity index (χ1) is 12.4. The average Bonchev–Trinajstić information content (AvgIpc) is 3.06. The van der Waals surface area contributed by atoms with Crippen molar-refractivity contribution < 1.29 is 4.42 Å². The lowest BCUT2D eigenvalue weighted by molar-refractivity contribution is 0.669. The average molecular weight is 318 g/mol. The number of para-hydroxylation sites is 1. The van der Waals surface area contributed by atoms with Crippen LogP contribution in [-0.4, -0.2) is 0 Å². The highest BCUT2D eigenvalue weighted by molar-refractivity contribution is 6.27. The lowest BCUT2D eigenvalue weighted by Gasteiger charge is -2.08. The third-order valence-electron chi connectivity index (χ3n) is 5.24. The molecule has 25 heavy (non-hydrogen) atoms. The van der Waals surface area contributed by atoms with E-state index in [1.807, 2.05) is 12.1 Å². The lowest BCUT2D eigenvalue weighted by Crippen LogP contribution is -1.81. The minimum atomic E-state index is 0.947. The van der Waals surface area contributed by atoms with E-state index in [-0.39, 0.29) is 0 Å². The van der Waals surface area contributed by atoms with E-state index < -0.39 is 0 Å². The maximum Gasteiger partial charge on any atom is 0.136 e. The highest BCUT2D eigenvalue weighted by Crippen LogP contribution is 2.39. The van der Waals surface area contributed by atoms with Gasteiger partial charge in [-0.05, 0) is 50.5 Å². The van der Waals surface area contributed by atoms with E-state index in [1.165, 1.54) is 43.1 Å². The molecular formula is C24H14O. The molecule has 1 aromatic heterocycles. The standard InChI is InChI=1S/C24H14O/c1-2-6-17-15(5-1)9-10-16-11-12-19-18(23(16)17)13-14-22-24(19)20-7-3-4-8-21(20)25-22/h1-14H. The van der Waals surface area contributed by atoms with Gasteiger partial charge in [0.25, 0.3) is 0 Å². The molecule has 0 aliphatic carbocycles. The minimum Gasteiger partial charge on any atom is -0.456 e. The second-order valence-electron chi connectivity index (χ2n) is 6.58. The highest BCUT2D eigenvalue weighted by atomic mass is 16.3. The molecule has 0 saturated heterocycles. The SMILES string of the molecule is c1ccc2c(c1)ccc1ccc3c(ccc4oc5ccccc5c43)c12. The van der Waals surface area contributed by atoms with Gasteiger partial charge in [0.15, 0.2) is 0 Å². The molecule has 0 bridgehead atoms. The summed E-state index contributed by atoms with van der Waals surface area (Å²) >= 11 is 0. The summed E-state index contributed by atoms with van der Waals surface area (Å²) in [5, 5.41) is 10.1. The Morgan fingerprint density at radius 1 is 0.400 bits per heavy atom. The van der Waals surface area contributed by atoms with E-state index in [2.05, 4.69) is 72.8 Å². The van der Waals surface area contributed by atoms with Gasteiger partial charge < -0.3 is 4.42 Å². The highest BCUT2D eigenvalue weighted by Gasteiger charge is 2.12.